The summed E-state index contributed by atoms with van der Waals surface area (Å²) < 4.78 is 15.9. The molecule has 0 fully saturated rings. The number of furan rings is 1. The van der Waals surface area contributed by atoms with Gasteiger partial charge in [0, 0.05) is 16.6 Å². The number of nitrogens with zero attached hydrogens (tertiary/aromatic N) is 1. The highest BCUT2D eigenvalue weighted by atomic mass is 35.5. The molecule has 34 heavy (non-hydrogen) atoms. The van der Waals surface area contributed by atoms with Crippen LogP contribution in [0, 0.1) is 0 Å². The molecule has 7 nitrogen and oxygen atoms in total. The van der Waals surface area contributed by atoms with Crippen molar-refractivity contribution in [1.29, 1.82) is 0 Å². The minimum atomic E-state index is -0.921. The first-order chi connectivity index (χ1) is 16.3. The van der Waals surface area contributed by atoms with E-state index in [1.54, 1.807) is 38.5 Å². The smallest absolute Gasteiger partial charge is 0.290 e. The van der Waals surface area contributed by atoms with Crippen LogP contribution in [0.4, 0.5) is 0 Å². The van der Waals surface area contributed by atoms with Gasteiger partial charge in [0.1, 0.15) is 0 Å². The Hall–Kier alpha value is -3.42. The molecule has 1 aliphatic rings. The molecule has 4 rings (SSSR count). The topological polar surface area (TPSA) is 89.2 Å². The maximum absolute atomic E-state index is 13.2. The number of benzene rings is 2. The Morgan fingerprint density at radius 2 is 1.85 bits per heavy atom. The van der Waals surface area contributed by atoms with Crippen LogP contribution < -0.4 is 9.47 Å². The number of carbonyl (C=O) groups is 2. The lowest BCUT2D eigenvalue weighted by Crippen LogP contribution is -2.33. The second-order valence-electron chi connectivity index (χ2n) is 7.57. The van der Waals surface area contributed by atoms with Crippen LogP contribution in [0.15, 0.2) is 70.5 Å². The number of ketones is 1. The van der Waals surface area contributed by atoms with Gasteiger partial charge < -0.3 is 23.9 Å². The monoisotopic (exact) mass is 501 g/mol. The highest BCUT2D eigenvalue weighted by Gasteiger charge is 2.45. The minimum absolute atomic E-state index is 0.00572. The largest absolute Gasteiger partial charge is 0.503 e. The van der Waals surface area contributed by atoms with E-state index in [4.69, 9.17) is 37.1 Å². The van der Waals surface area contributed by atoms with Crippen LogP contribution in [0.2, 0.25) is 10.0 Å². The summed E-state index contributed by atoms with van der Waals surface area (Å²) in [5.41, 5.74) is 1.24. The Bertz CT molecular complexity index is 1270. The number of aliphatic hydroxyl groups is 1. The molecule has 0 spiro atoms. The van der Waals surface area contributed by atoms with Gasteiger partial charge in [0.25, 0.3) is 5.91 Å². The minimum Gasteiger partial charge on any atom is -0.503 e. The summed E-state index contributed by atoms with van der Waals surface area (Å²) in [6.07, 6.45) is 1.77. The molecule has 0 radical (unpaired) electrons. The third-order valence-electron chi connectivity index (χ3n) is 5.64. The quantitative estimate of drug-likeness (QED) is 0.414. The van der Waals surface area contributed by atoms with Gasteiger partial charge in [-0.25, -0.2) is 0 Å². The summed E-state index contributed by atoms with van der Waals surface area (Å²) in [7, 11) is 3.09. The molecule has 0 saturated carbocycles. The van der Waals surface area contributed by atoms with Gasteiger partial charge in [0.2, 0.25) is 5.78 Å². The summed E-state index contributed by atoms with van der Waals surface area (Å²) in [6, 6.07) is 12.3. The molecule has 1 N–H and O–H groups in total. The van der Waals surface area contributed by atoms with Crippen molar-refractivity contribution in [3.8, 4) is 11.5 Å². The number of carbonyl (C=O) groups excluding carboxylic acids is 2. The number of rotatable bonds is 8. The Kier molecular flexibility index (Phi) is 6.86. The van der Waals surface area contributed by atoms with E-state index in [2.05, 4.69) is 0 Å². The molecule has 9 heteroatoms. The first-order valence-corrected chi connectivity index (χ1v) is 11.1. The maximum Gasteiger partial charge on any atom is 0.290 e. The third-order valence-corrected chi connectivity index (χ3v) is 6.20. The standard InChI is InChI=1S/C25H21Cl2NO6/c1-32-18-8-5-14(12-20(18)33-2)9-10-28-22(16-7-6-15(26)13-17(16)27)21(24(30)25(28)31)23(29)19-4-3-11-34-19/h3-8,11-13,22,30H,9-10H2,1-2H3. The van der Waals surface area contributed by atoms with Gasteiger partial charge >= 0.3 is 0 Å². The van der Waals surface area contributed by atoms with Crippen LogP contribution in [0.5, 0.6) is 11.5 Å². The van der Waals surface area contributed by atoms with Gasteiger partial charge in [-0.2, -0.15) is 0 Å². The van der Waals surface area contributed by atoms with E-state index in [-0.39, 0.29) is 22.9 Å². The van der Waals surface area contributed by atoms with Crippen molar-refractivity contribution in [2.75, 3.05) is 20.8 Å². The van der Waals surface area contributed by atoms with Gasteiger partial charge in [0.15, 0.2) is 23.0 Å². The Balaban J connectivity index is 1.71. The van der Waals surface area contributed by atoms with Crippen LogP contribution in [-0.4, -0.2) is 42.5 Å². The van der Waals surface area contributed by atoms with Gasteiger partial charge in [-0.3, -0.25) is 9.59 Å². The number of aliphatic hydroxyl groups excluding tert-OH is 1. The molecule has 1 aromatic heterocycles. The molecule has 0 aliphatic carbocycles. The second kappa shape index (κ2) is 9.83. The van der Waals surface area contributed by atoms with E-state index in [9.17, 15) is 14.7 Å². The predicted molar refractivity (Wildman–Crippen MR) is 127 cm³/mol. The molecular formula is C25H21Cl2NO6. The SMILES string of the molecule is COc1ccc(CCN2C(=O)C(O)=C(C(=O)c3ccco3)C2c2ccc(Cl)cc2Cl)cc1OC. The molecule has 176 valence electrons. The van der Waals surface area contributed by atoms with Crippen molar-refractivity contribution in [3.63, 3.8) is 0 Å². The Morgan fingerprint density at radius 3 is 2.50 bits per heavy atom. The van der Waals surface area contributed by atoms with Crippen molar-refractivity contribution >= 4 is 34.9 Å². The van der Waals surface area contributed by atoms with Crippen LogP contribution >= 0.6 is 23.2 Å². The van der Waals surface area contributed by atoms with Gasteiger partial charge in [-0.05, 0) is 53.9 Å². The molecule has 1 atom stereocenters. The summed E-state index contributed by atoms with van der Waals surface area (Å²) in [6.45, 7) is 0.191. The summed E-state index contributed by atoms with van der Waals surface area (Å²) in [5, 5.41) is 11.4. The number of hydrogen-bond donors (Lipinski definition) is 1. The van der Waals surface area contributed by atoms with Crippen molar-refractivity contribution in [2.45, 2.75) is 12.5 Å². The van der Waals surface area contributed by atoms with Crippen molar-refractivity contribution in [3.05, 3.63) is 93.1 Å². The fraction of sp³-hybridized carbons (Fsp3) is 0.200. The lowest BCUT2D eigenvalue weighted by atomic mass is 9.94. The first-order valence-electron chi connectivity index (χ1n) is 10.3. The van der Waals surface area contributed by atoms with Crippen molar-refractivity contribution in [1.82, 2.24) is 4.90 Å². The maximum atomic E-state index is 13.2. The van der Waals surface area contributed by atoms with Crippen molar-refractivity contribution < 1.29 is 28.6 Å². The summed E-state index contributed by atoms with van der Waals surface area (Å²) >= 11 is 12.5. The second-order valence-corrected chi connectivity index (χ2v) is 8.42. The number of hydrogen-bond acceptors (Lipinski definition) is 6. The molecule has 1 amide bonds. The van der Waals surface area contributed by atoms with E-state index in [1.165, 1.54) is 23.3 Å². The number of ether oxygens (including phenoxy) is 2. The number of amides is 1. The molecule has 2 heterocycles. The lowest BCUT2D eigenvalue weighted by Gasteiger charge is -2.27. The molecule has 2 aromatic carbocycles. The van der Waals surface area contributed by atoms with Crippen LogP contribution in [0.1, 0.15) is 27.7 Å². The molecule has 0 bridgehead atoms. The van der Waals surface area contributed by atoms with Crippen LogP contribution in [0.25, 0.3) is 0 Å². The van der Waals surface area contributed by atoms with Crippen LogP contribution in [-0.2, 0) is 11.2 Å². The van der Waals surface area contributed by atoms with E-state index in [1.807, 2.05) is 12.1 Å². The van der Waals surface area contributed by atoms with Crippen molar-refractivity contribution in [2.24, 2.45) is 0 Å². The predicted octanol–water partition coefficient (Wildman–Crippen LogP) is 5.42. The highest BCUT2D eigenvalue weighted by molar-refractivity contribution is 6.35. The zero-order valence-corrected chi connectivity index (χ0v) is 19.9. The van der Waals surface area contributed by atoms with Crippen LogP contribution in [0.3, 0.4) is 0 Å². The Morgan fingerprint density at radius 1 is 1.09 bits per heavy atom. The number of halogens is 2. The summed E-state index contributed by atoms with van der Waals surface area (Å²) in [5.74, 6) is -0.762. The van der Waals surface area contributed by atoms with E-state index in [0.717, 1.165) is 5.56 Å². The normalized spacial score (nSPS) is 15.7. The Labute approximate surface area is 206 Å². The fourth-order valence-corrected chi connectivity index (χ4v) is 4.50. The molecule has 1 unspecified atom stereocenters. The zero-order valence-electron chi connectivity index (χ0n) is 18.4. The van der Waals surface area contributed by atoms with E-state index < -0.39 is 23.5 Å². The molecule has 3 aromatic rings. The number of Topliss-reactive ketones (excluding diaryl/α,β-unsaturated/α-hetero) is 1. The van der Waals surface area contributed by atoms with E-state index >= 15 is 0 Å². The summed E-state index contributed by atoms with van der Waals surface area (Å²) in [4.78, 5) is 27.7. The lowest BCUT2D eigenvalue weighted by molar-refractivity contribution is -0.129. The zero-order chi connectivity index (χ0) is 24.4. The molecular weight excluding hydrogens is 481 g/mol. The average molecular weight is 502 g/mol. The number of methoxy groups -OCH3 is 2. The average Bonchev–Trinajstić information content (AvgIpc) is 3.45. The highest BCUT2D eigenvalue weighted by Crippen LogP contribution is 2.42. The van der Waals surface area contributed by atoms with Gasteiger partial charge in [-0.15, -0.1) is 0 Å². The molecule has 0 saturated heterocycles. The molecule has 1 aliphatic heterocycles. The third kappa shape index (κ3) is 4.36. The first kappa shape index (κ1) is 23.7. The van der Waals surface area contributed by atoms with E-state index in [0.29, 0.717) is 28.5 Å². The van der Waals surface area contributed by atoms with Gasteiger partial charge in [-0.1, -0.05) is 35.3 Å². The van der Waals surface area contributed by atoms with Gasteiger partial charge in [0.05, 0.1) is 32.1 Å². The fourth-order valence-electron chi connectivity index (χ4n) is 3.99.